The van der Waals surface area contributed by atoms with E-state index in [4.69, 9.17) is 5.73 Å². The number of benzene rings is 2. The molecule has 3 nitrogen and oxygen atoms in total. The molecular weight excluding hydrogens is 258 g/mol. The Morgan fingerprint density at radius 2 is 1.71 bits per heavy atom. The van der Waals surface area contributed by atoms with Crippen molar-refractivity contribution in [1.82, 2.24) is 9.78 Å². The number of rotatable bonds is 4. The van der Waals surface area contributed by atoms with E-state index in [1.165, 1.54) is 5.56 Å². The summed E-state index contributed by atoms with van der Waals surface area (Å²) in [7, 11) is 0. The SMILES string of the molecule is CCC(N)c1ccc(-n2cc(-c3ccccc3)cn2)cc1. The number of hydrogen-bond donors (Lipinski definition) is 1. The molecule has 3 heteroatoms. The van der Waals surface area contributed by atoms with Crippen molar-refractivity contribution >= 4 is 0 Å². The maximum absolute atomic E-state index is 6.04. The van der Waals surface area contributed by atoms with E-state index in [-0.39, 0.29) is 6.04 Å². The van der Waals surface area contributed by atoms with Crippen molar-refractivity contribution < 1.29 is 0 Å². The molecule has 0 aliphatic carbocycles. The average molecular weight is 277 g/mol. The Hall–Kier alpha value is -2.39. The Balaban J connectivity index is 1.86. The van der Waals surface area contributed by atoms with Gasteiger partial charge < -0.3 is 5.73 Å². The maximum atomic E-state index is 6.04. The fourth-order valence-corrected chi connectivity index (χ4v) is 2.35. The van der Waals surface area contributed by atoms with Crippen LogP contribution in [0.15, 0.2) is 67.0 Å². The zero-order chi connectivity index (χ0) is 14.7. The van der Waals surface area contributed by atoms with Gasteiger partial charge in [0.15, 0.2) is 0 Å². The minimum absolute atomic E-state index is 0.108. The van der Waals surface area contributed by atoms with Crippen molar-refractivity contribution in [3.8, 4) is 16.8 Å². The van der Waals surface area contributed by atoms with Gasteiger partial charge in [-0.2, -0.15) is 5.10 Å². The summed E-state index contributed by atoms with van der Waals surface area (Å²) in [6, 6.07) is 18.6. The van der Waals surface area contributed by atoms with E-state index in [2.05, 4.69) is 48.4 Å². The summed E-state index contributed by atoms with van der Waals surface area (Å²) >= 11 is 0. The fraction of sp³-hybridized carbons (Fsp3) is 0.167. The summed E-state index contributed by atoms with van der Waals surface area (Å²) in [6.07, 6.45) is 4.88. The van der Waals surface area contributed by atoms with Gasteiger partial charge in [0.25, 0.3) is 0 Å². The molecule has 2 N–H and O–H groups in total. The summed E-state index contributed by atoms with van der Waals surface area (Å²) in [5.74, 6) is 0. The fourth-order valence-electron chi connectivity index (χ4n) is 2.35. The third-order valence-corrected chi connectivity index (χ3v) is 3.72. The van der Waals surface area contributed by atoms with Gasteiger partial charge in [-0.05, 0) is 29.7 Å². The molecule has 0 saturated heterocycles. The molecular formula is C18H19N3. The van der Waals surface area contributed by atoms with Gasteiger partial charge in [-0.25, -0.2) is 4.68 Å². The van der Waals surface area contributed by atoms with Gasteiger partial charge in [-0.3, -0.25) is 0 Å². The highest BCUT2D eigenvalue weighted by Crippen LogP contribution is 2.21. The molecule has 3 aromatic rings. The molecule has 0 fully saturated rings. The lowest BCUT2D eigenvalue weighted by Gasteiger charge is -2.09. The van der Waals surface area contributed by atoms with E-state index in [1.54, 1.807) is 0 Å². The molecule has 1 unspecified atom stereocenters. The lowest BCUT2D eigenvalue weighted by molar-refractivity contribution is 0.698. The van der Waals surface area contributed by atoms with Crippen LogP contribution in [0.5, 0.6) is 0 Å². The minimum Gasteiger partial charge on any atom is -0.324 e. The smallest absolute Gasteiger partial charge is 0.0646 e. The van der Waals surface area contributed by atoms with Crippen LogP contribution < -0.4 is 5.73 Å². The molecule has 3 rings (SSSR count). The number of aromatic nitrogens is 2. The Labute approximate surface area is 125 Å². The molecule has 0 saturated carbocycles. The molecule has 0 aliphatic rings. The second-order valence-electron chi connectivity index (χ2n) is 5.15. The van der Waals surface area contributed by atoms with Crippen LogP contribution in [0.3, 0.4) is 0 Å². The second kappa shape index (κ2) is 5.94. The zero-order valence-corrected chi connectivity index (χ0v) is 12.1. The maximum Gasteiger partial charge on any atom is 0.0646 e. The van der Waals surface area contributed by atoms with Crippen LogP contribution in [0.2, 0.25) is 0 Å². The third-order valence-electron chi connectivity index (χ3n) is 3.72. The van der Waals surface area contributed by atoms with Crippen LogP contribution in [0, 0.1) is 0 Å². The van der Waals surface area contributed by atoms with Crippen LogP contribution in [0.4, 0.5) is 0 Å². The van der Waals surface area contributed by atoms with Crippen LogP contribution in [0.1, 0.15) is 24.9 Å². The van der Waals surface area contributed by atoms with Gasteiger partial charge in [0.1, 0.15) is 0 Å². The minimum atomic E-state index is 0.108. The van der Waals surface area contributed by atoms with Gasteiger partial charge in [-0.15, -0.1) is 0 Å². The van der Waals surface area contributed by atoms with E-state index >= 15 is 0 Å². The summed E-state index contributed by atoms with van der Waals surface area (Å²) < 4.78 is 1.89. The molecule has 21 heavy (non-hydrogen) atoms. The van der Waals surface area contributed by atoms with Crippen molar-refractivity contribution in [3.63, 3.8) is 0 Å². The molecule has 106 valence electrons. The van der Waals surface area contributed by atoms with Gasteiger partial charge in [0.2, 0.25) is 0 Å². The molecule has 1 heterocycles. The highest BCUT2D eigenvalue weighted by Gasteiger charge is 2.05. The highest BCUT2D eigenvalue weighted by molar-refractivity contribution is 5.62. The van der Waals surface area contributed by atoms with E-state index in [9.17, 15) is 0 Å². The van der Waals surface area contributed by atoms with Crippen LogP contribution in [-0.2, 0) is 0 Å². The molecule has 1 aromatic heterocycles. The highest BCUT2D eigenvalue weighted by atomic mass is 15.3. The standard InChI is InChI=1S/C18H19N3/c1-2-18(19)15-8-10-17(11-9-15)21-13-16(12-20-21)14-6-4-3-5-7-14/h3-13,18H,2,19H2,1H3. The summed E-state index contributed by atoms with van der Waals surface area (Å²) in [4.78, 5) is 0. The van der Waals surface area contributed by atoms with Gasteiger partial charge >= 0.3 is 0 Å². The van der Waals surface area contributed by atoms with Gasteiger partial charge in [-0.1, -0.05) is 49.4 Å². The van der Waals surface area contributed by atoms with Crippen molar-refractivity contribution in [2.75, 3.05) is 0 Å². The molecule has 0 spiro atoms. The second-order valence-corrected chi connectivity index (χ2v) is 5.15. The van der Waals surface area contributed by atoms with E-state index in [1.807, 2.05) is 35.3 Å². The van der Waals surface area contributed by atoms with E-state index in [0.29, 0.717) is 0 Å². The Bertz CT molecular complexity index is 699. The van der Waals surface area contributed by atoms with Gasteiger partial charge in [0, 0.05) is 17.8 Å². The van der Waals surface area contributed by atoms with E-state index < -0.39 is 0 Å². The molecule has 0 amide bonds. The zero-order valence-electron chi connectivity index (χ0n) is 12.1. The Morgan fingerprint density at radius 1 is 1.00 bits per heavy atom. The van der Waals surface area contributed by atoms with Crippen molar-refractivity contribution in [2.24, 2.45) is 5.73 Å². The van der Waals surface area contributed by atoms with Crippen molar-refractivity contribution in [2.45, 2.75) is 19.4 Å². The first-order valence-corrected chi connectivity index (χ1v) is 7.24. The molecule has 0 radical (unpaired) electrons. The number of nitrogens with zero attached hydrogens (tertiary/aromatic N) is 2. The quantitative estimate of drug-likeness (QED) is 0.784. The van der Waals surface area contributed by atoms with Crippen LogP contribution in [-0.4, -0.2) is 9.78 Å². The summed E-state index contributed by atoms with van der Waals surface area (Å²) in [5.41, 5.74) is 10.5. The van der Waals surface area contributed by atoms with Crippen LogP contribution >= 0.6 is 0 Å². The lowest BCUT2D eigenvalue weighted by atomic mass is 10.1. The topological polar surface area (TPSA) is 43.8 Å². The number of hydrogen-bond acceptors (Lipinski definition) is 2. The first-order chi connectivity index (χ1) is 10.3. The normalized spacial score (nSPS) is 12.3. The molecule has 0 aliphatic heterocycles. The lowest BCUT2D eigenvalue weighted by Crippen LogP contribution is -2.08. The first kappa shape index (κ1) is 13.6. The van der Waals surface area contributed by atoms with Crippen molar-refractivity contribution in [1.29, 1.82) is 0 Å². The Morgan fingerprint density at radius 3 is 2.38 bits per heavy atom. The van der Waals surface area contributed by atoms with Crippen molar-refractivity contribution in [3.05, 3.63) is 72.6 Å². The summed E-state index contributed by atoms with van der Waals surface area (Å²) in [5, 5.41) is 4.44. The predicted octanol–water partition coefficient (Wildman–Crippen LogP) is 3.95. The Kier molecular flexibility index (Phi) is 3.84. The number of nitrogens with two attached hydrogens (primary N) is 1. The largest absolute Gasteiger partial charge is 0.324 e. The average Bonchev–Trinajstić information content (AvgIpc) is 3.05. The summed E-state index contributed by atoms with van der Waals surface area (Å²) in [6.45, 7) is 2.10. The van der Waals surface area contributed by atoms with Crippen LogP contribution in [0.25, 0.3) is 16.8 Å². The third kappa shape index (κ3) is 2.88. The molecule has 2 aromatic carbocycles. The monoisotopic (exact) mass is 277 g/mol. The predicted molar refractivity (Wildman–Crippen MR) is 86.2 cm³/mol. The molecule has 1 atom stereocenters. The van der Waals surface area contributed by atoms with Gasteiger partial charge in [0.05, 0.1) is 11.9 Å². The first-order valence-electron chi connectivity index (χ1n) is 7.24. The molecule has 0 bridgehead atoms. The van der Waals surface area contributed by atoms with E-state index in [0.717, 1.165) is 23.2 Å².